The first-order valence-electron chi connectivity index (χ1n) is 2.26. The third-order valence-corrected chi connectivity index (χ3v) is 0.430. The van der Waals surface area contributed by atoms with Gasteiger partial charge in [-0.15, -0.1) is 0 Å². The smallest absolute Gasteiger partial charge is 0.350 e. The van der Waals surface area contributed by atoms with E-state index in [1.807, 2.05) is 0 Å². The lowest BCUT2D eigenvalue weighted by atomic mass is 10.7. The summed E-state index contributed by atoms with van der Waals surface area (Å²) in [5.41, 5.74) is 0. The molecule has 0 spiro atoms. The van der Waals surface area contributed by atoms with Crippen molar-refractivity contribution < 1.29 is 14.7 Å². The Balaban J connectivity index is 3.24. The van der Waals surface area contributed by atoms with Crippen LogP contribution in [0.5, 0.6) is 0 Å². The van der Waals surface area contributed by atoms with Crippen molar-refractivity contribution in [2.45, 2.75) is 0 Å². The Labute approximate surface area is 52.4 Å². The average molecular weight is 129 g/mol. The van der Waals surface area contributed by atoms with Crippen molar-refractivity contribution in [1.82, 2.24) is 0 Å². The summed E-state index contributed by atoms with van der Waals surface area (Å²) in [5, 5.41) is 11.0. The maximum Gasteiger partial charge on any atom is 0.350 e. The van der Waals surface area contributed by atoms with Gasteiger partial charge in [-0.1, -0.05) is 17.8 Å². The lowest BCUT2D eigenvalue weighted by molar-refractivity contribution is -0.129. The highest BCUT2D eigenvalue weighted by Gasteiger charge is 1.83. The van der Waals surface area contributed by atoms with Gasteiger partial charge in [0.1, 0.15) is 6.61 Å². The van der Waals surface area contributed by atoms with Gasteiger partial charge in [-0.25, -0.2) is 4.79 Å². The van der Waals surface area contributed by atoms with E-state index in [0.717, 1.165) is 0 Å². The van der Waals surface area contributed by atoms with E-state index in [0.29, 0.717) is 6.21 Å². The molecule has 1 N–H and O–H groups in total. The number of hydrogen-bond acceptors (Lipinski definition) is 3. The lowest BCUT2D eigenvalue weighted by Crippen LogP contribution is -1.95. The lowest BCUT2D eigenvalue weighted by Gasteiger charge is -1.87. The van der Waals surface area contributed by atoms with E-state index >= 15 is 0 Å². The Kier molecular flexibility index (Phi) is 4.12. The molecule has 0 aliphatic rings. The Morgan fingerprint density at radius 3 is 3.00 bits per heavy atom. The molecule has 0 bridgehead atoms. The normalized spacial score (nSPS) is 9.33. The van der Waals surface area contributed by atoms with Crippen LogP contribution in [0.25, 0.3) is 0 Å². The molecular weight excluding hydrogens is 122 g/mol. The van der Waals surface area contributed by atoms with E-state index in [9.17, 15) is 4.79 Å². The average Bonchev–Trinajstić information content (AvgIpc) is 1.80. The number of carbonyl (C=O) groups is 1. The molecule has 0 aliphatic carbocycles. The van der Waals surface area contributed by atoms with Crippen molar-refractivity contribution in [2.75, 3.05) is 6.61 Å². The van der Waals surface area contributed by atoms with Crippen LogP contribution in [0.2, 0.25) is 0 Å². The van der Waals surface area contributed by atoms with Gasteiger partial charge in [-0.2, -0.15) is 0 Å². The summed E-state index contributed by atoms with van der Waals surface area (Å²) in [7, 11) is 0. The Morgan fingerprint density at radius 2 is 2.56 bits per heavy atom. The van der Waals surface area contributed by atoms with Gasteiger partial charge in [-0.05, 0) is 0 Å². The fourth-order valence-corrected chi connectivity index (χ4v) is 0.178. The standard InChI is InChI=1S/C5H7NO3/c1-2-3-9-6-4-5(7)8/h2,4H,1,3H2,(H,7,8)/b6-4-. The van der Waals surface area contributed by atoms with Gasteiger partial charge in [0, 0.05) is 0 Å². The minimum atomic E-state index is -1.13. The van der Waals surface area contributed by atoms with E-state index in [-0.39, 0.29) is 6.61 Å². The van der Waals surface area contributed by atoms with Crippen molar-refractivity contribution in [1.29, 1.82) is 0 Å². The second kappa shape index (κ2) is 4.83. The summed E-state index contributed by atoms with van der Waals surface area (Å²) in [6.07, 6.45) is 2.14. The first kappa shape index (κ1) is 7.68. The predicted molar refractivity (Wildman–Crippen MR) is 32.3 cm³/mol. The predicted octanol–water partition coefficient (Wildman–Crippen LogP) is 0.259. The molecule has 0 radical (unpaired) electrons. The van der Waals surface area contributed by atoms with E-state index in [4.69, 9.17) is 5.11 Å². The molecule has 0 atom stereocenters. The first-order chi connectivity index (χ1) is 4.27. The fourth-order valence-electron chi connectivity index (χ4n) is 0.178. The van der Waals surface area contributed by atoms with Gasteiger partial charge in [0.25, 0.3) is 0 Å². The van der Waals surface area contributed by atoms with Crippen LogP contribution in [0.1, 0.15) is 0 Å². The molecule has 50 valence electrons. The zero-order valence-corrected chi connectivity index (χ0v) is 4.78. The van der Waals surface area contributed by atoms with Crippen LogP contribution in [0, 0.1) is 0 Å². The van der Waals surface area contributed by atoms with Crippen LogP contribution in [-0.4, -0.2) is 23.9 Å². The molecular formula is C5H7NO3. The van der Waals surface area contributed by atoms with Crippen molar-refractivity contribution in [3.05, 3.63) is 12.7 Å². The van der Waals surface area contributed by atoms with Crippen LogP contribution in [0.4, 0.5) is 0 Å². The number of nitrogens with zero attached hydrogens (tertiary/aromatic N) is 1. The summed E-state index contributed by atoms with van der Waals surface area (Å²) >= 11 is 0. The number of carboxylic acids is 1. The number of hydrogen-bond donors (Lipinski definition) is 1. The topological polar surface area (TPSA) is 58.9 Å². The molecule has 0 aromatic carbocycles. The van der Waals surface area contributed by atoms with Crippen LogP contribution >= 0.6 is 0 Å². The molecule has 0 unspecified atom stereocenters. The van der Waals surface area contributed by atoms with E-state index < -0.39 is 5.97 Å². The first-order valence-corrected chi connectivity index (χ1v) is 2.26. The third kappa shape index (κ3) is 6.68. The van der Waals surface area contributed by atoms with Crippen molar-refractivity contribution in [2.24, 2.45) is 5.16 Å². The van der Waals surface area contributed by atoms with Gasteiger partial charge in [0.05, 0.1) is 0 Å². The SMILES string of the molecule is C=CCO/N=C\C(=O)O. The van der Waals surface area contributed by atoms with Crippen LogP contribution in [0.15, 0.2) is 17.8 Å². The quantitative estimate of drug-likeness (QED) is 0.256. The molecule has 0 aromatic rings. The molecule has 0 saturated carbocycles. The molecule has 0 saturated heterocycles. The van der Waals surface area contributed by atoms with Crippen molar-refractivity contribution >= 4 is 12.2 Å². The molecule has 0 heterocycles. The minimum absolute atomic E-state index is 0.226. The zero-order valence-electron chi connectivity index (χ0n) is 4.78. The summed E-state index contributed by atoms with van der Waals surface area (Å²) < 4.78 is 0. The molecule has 0 aliphatic heterocycles. The van der Waals surface area contributed by atoms with Crippen LogP contribution in [-0.2, 0) is 9.63 Å². The Bertz CT molecular complexity index is 130. The number of oxime groups is 1. The summed E-state index contributed by atoms with van der Waals surface area (Å²) in [5.74, 6) is -1.13. The highest BCUT2D eigenvalue weighted by atomic mass is 16.6. The number of rotatable bonds is 4. The van der Waals surface area contributed by atoms with Gasteiger partial charge in [0.2, 0.25) is 0 Å². The van der Waals surface area contributed by atoms with Gasteiger partial charge < -0.3 is 9.94 Å². The van der Waals surface area contributed by atoms with Crippen LogP contribution in [0.3, 0.4) is 0 Å². The van der Waals surface area contributed by atoms with Crippen molar-refractivity contribution in [3.63, 3.8) is 0 Å². The van der Waals surface area contributed by atoms with E-state index in [2.05, 4.69) is 16.6 Å². The fraction of sp³-hybridized carbons (Fsp3) is 0.200. The maximum atomic E-state index is 9.71. The summed E-state index contributed by atoms with van der Waals surface area (Å²) in [6, 6.07) is 0. The summed E-state index contributed by atoms with van der Waals surface area (Å²) in [6.45, 7) is 3.56. The highest BCUT2D eigenvalue weighted by molar-refractivity contribution is 6.21. The molecule has 9 heavy (non-hydrogen) atoms. The zero-order chi connectivity index (χ0) is 7.11. The largest absolute Gasteiger partial charge is 0.477 e. The Hall–Kier alpha value is -1.32. The Morgan fingerprint density at radius 1 is 1.89 bits per heavy atom. The molecule has 4 heteroatoms. The number of aliphatic carboxylic acids is 1. The molecule has 0 amide bonds. The van der Waals surface area contributed by atoms with E-state index in [1.54, 1.807) is 0 Å². The second-order valence-electron chi connectivity index (χ2n) is 1.16. The number of carboxylic acid groups (broad SMARTS) is 1. The van der Waals surface area contributed by atoms with E-state index in [1.165, 1.54) is 6.08 Å². The molecule has 0 rings (SSSR count). The highest BCUT2D eigenvalue weighted by Crippen LogP contribution is 1.72. The van der Waals surface area contributed by atoms with Gasteiger partial charge >= 0.3 is 5.97 Å². The van der Waals surface area contributed by atoms with Gasteiger partial charge in [0.15, 0.2) is 6.21 Å². The van der Waals surface area contributed by atoms with Crippen LogP contribution < -0.4 is 0 Å². The summed E-state index contributed by atoms with van der Waals surface area (Å²) in [4.78, 5) is 14.1. The monoisotopic (exact) mass is 129 g/mol. The molecule has 0 aromatic heterocycles. The minimum Gasteiger partial charge on any atom is -0.477 e. The maximum absolute atomic E-state index is 9.71. The van der Waals surface area contributed by atoms with Crippen molar-refractivity contribution in [3.8, 4) is 0 Å². The third-order valence-electron chi connectivity index (χ3n) is 0.430. The van der Waals surface area contributed by atoms with Gasteiger partial charge in [-0.3, -0.25) is 0 Å². The molecule has 0 fully saturated rings. The molecule has 4 nitrogen and oxygen atoms in total. The second-order valence-corrected chi connectivity index (χ2v) is 1.16.